The lowest BCUT2D eigenvalue weighted by Crippen LogP contribution is -2.49. The molecular formula is C15H21ClN2O2. The number of hydrogen-bond acceptors (Lipinski definition) is 3. The molecule has 1 N–H and O–H groups in total. The predicted octanol–water partition coefficient (Wildman–Crippen LogP) is 2.46. The van der Waals surface area contributed by atoms with E-state index in [0.717, 1.165) is 19.6 Å². The first kappa shape index (κ1) is 15.1. The molecule has 0 saturated carbocycles. The molecule has 0 atom stereocenters. The minimum atomic E-state index is -0.102. The predicted molar refractivity (Wildman–Crippen MR) is 80.3 cm³/mol. The summed E-state index contributed by atoms with van der Waals surface area (Å²) in [6, 6.07) is 4.48. The maximum atomic E-state index is 12.4. The van der Waals surface area contributed by atoms with Crippen LogP contribution in [0, 0.1) is 5.92 Å². The van der Waals surface area contributed by atoms with E-state index in [1.54, 1.807) is 11.0 Å². The van der Waals surface area contributed by atoms with Crippen LogP contribution in [0.3, 0.4) is 0 Å². The zero-order chi connectivity index (χ0) is 14.7. The Kier molecular flexibility index (Phi) is 4.89. The van der Waals surface area contributed by atoms with Gasteiger partial charge in [0.1, 0.15) is 5.75 Å². The number of nitrogens with zero attached hydrogens (tertiary/aromatic N) is 2. The zero-order valence-corrected chi connectivity index (χ0v) is 12.7. The molecule has 0 aliphatic carbocycles. The molecule has 1 amide bonds. The van der Waals surface area contributed by atoms with E-state index in [1.807, 2.05) is 0 Å². The van der Waals surface area contributed by atoms with E-state index < -0.39 is 0 Å². The van der Waals surface area contributed by atoms with E-state index in [2.05, 4.69) is 18.7 Å². The highest BCUT2D eigenvalue weighted by molar-refractivity contribution is 6.33. The molecule has 0 unspecified atom stereocenters. The topological polar surface area (TPSA) is 43.8 Å². The molecule has 1 aliphatic rings. The van der Waals surface area contributed by atoms with Gasteiger partial charge in [-0.15, -0.1) is 0 Å². The fourth-order valence-corrected chi connectivity index (χ4v) is 2.70. The molecule has 1 saturated heterocycles. The van der Waals surface area contributed by atoms with E-state index in [1.165, 1.54) is 12.1 Å². The molecule has 20 heavy (non-hydrogen) atoms. The lowest BCUT2D eigenvalue weighted by Gasteiger charge is -2.35. The highest BCUT2D eigenvalue weighted by Crippen LogP contribution is 2.23. The van der Waals surface area contributed by atoms with Crippen LogP contribution in [-0.4, -0.2) is 53.5 Å². The van der Waals surface area contributed by atoms with Crippen molar-refractivity contribution in [3.8, 4) is 5.75 Å². The van der Waals surface area contributed by atoms with Crippen LogP contribution in [0.4, 0.5) is 0 Å². The third-order valence-corrected chi connectivity index (χ3v) is 3.79. The summed E-state index contributed by atoms with van der Waals surface area (Å²) in [7, 11) is 0. The van der Waals surface area contributed by atoms with E-state index in [4.69, 9.17) is 11.6 Å². The van der Waals surface area contributed by atoms with Crippen molar-refractivity contribution in [1.82, 2.24) is 9.80 Å². The molecule has 1 aromatic rings. The average molecular weight is 297 g/mol. The van der Waals surface area contributed by atoms with Crippen molar-refractivity contribution in [3.63, 3.8) is 0 Å². The standard InChI is InChI=1S/C15H21ClN2O2/c1-11(2)10-17-5-7-18(8-6-17)15(20)13-9-12(19)3-4-14(13)16/h3-4,9,11,19H,5-8,10H2,1-2H3. The Bertz CT molecular complexity index is 483. The monoisotopic (exact) mass is 296 g/mol. The summed E-state index contributed by atoms with van der Waals surface area (Å²) in [6.45, 7) is 8.65. The summed E-state index contributed by atoms with van der Waals surface area (Å²) in [5.74, 6) is 0.601. The van der Waals surface area contributed by atoms with Crippen molar-refractivity contribution in [1.29, 1.82) is 0 Å². The molecule has 2 rings (SSSR count). The summed E-state index contributed by atoms with van der Waals surface area (Å²) in [5, 5.41) is 9.87. The molecule has 0 spiro atoms. The molecule has 4 nitrogen and oxygen atoms in total. The van der Waals surface area contributed by atoms with Gasteiger partial charge in [0.25, 0.3) is 5.91 Å². The van der Waals surface area contributed by atoms with E-state index in [9.17, 15) is 9.90 Å². The van der Waals surface area contributed by atoms with E-state index in [0.29, 0.717) is 29.6 Å². The summed E-state index contributed by atoms with van der Waals surface area (Å²) in [6.07, 6.45) is 0. The van der Waals surface area contributed by atoms with Crippen LogP contribution in [0.5, 0.6) is 5.75 Å². The normalized spacial score (nSPS) is 16.7. The van der Waals surface area contributed by atoms with Gasteiger partial charge in [-0.05, 0) is 24.1 Å². The second kappa shape index (κ2) is 6.46. The number of phenolic OH excluding ortho intramolecular Hbond substituents is 1. The zero-order valence-electron chi connectivity index (χ0n) is 12.0. The van der Waals surface area contributed by atoms with Crippen molar-refractivity contribution >= 4 is 17.5 Å². The molecule has 0 radical (unpaired) electrons. The van der Waals surface area contributed by atoms with Gasteiger partial charge in [0.15, 0.2) is 0 Å². The third-order valence-electron chi connectivity index (χ3n) is 3.46. The van der Waals surface area contributed by atoms with Gasteiger partial charge in [-0.1, -0.05) is 25.4 Å². The molecule has 1 heterocycles. The third kappa shape index (κ3) is 3.64. The first-order valence-corrected chi connectivity index (χ1v) is 7.35. The fourth-order valence-electron chi connectivity index (χ4n) is 2.50. The summed E-state index contributed by atoms with van der Waals surface area (Å²) in [5.41, 5.74) is 0.379. The Morgan fingerprint density at radius 2 is 1.95 bits per heavy atom. The minimum Gasteiger partial charge on any atom is -0.508 e. The van der Waals surface area contributed by atoms with E-state index >= 15 is 0 Å². The largest absolute Gasteiger partial charge is 0.508 e. The molecule has 110 valence electrons. The number of hydrogen-bond donors (Lipinski definition) is 1. The van der Waals surface area contributed by atoms with Gasteiger partial charge in [0.2, 0.25) is 0 Å². The van der Waals surface area contributed by atoms with Gasteiger partial charge in [0.05, 0.1) is 10.6 Å². The van der Waals surface area contributed by atoms with Gasteiger partial charge in [-0.3, -0.25) is 9.69 Å². The lowest BCUT2D eigenvalue weighted by atomic mass is 10.1. The van der Waals surface area contributed by atoms with Gasteiger partial charge in [-0.25, -0.2) is 0 Å². The Morgan fingerprint density at radius 3 is 2.55 bits per heavy atom. The molecule has 1 aliphatic heterocycles. The highest BCUT2D eigenvalue weighted by Gasteiger charge is 2.24. The molecular weight excluding hydrogens is 276 g/mol. The first-order chi connectivity index (χ1) is 9.47. The number of piperazine rings is 1. The van der Waals surface area contributed by atoms with Gasteiger partial charge in [0, 0.05) is 32.7 Å². The number of phenols is 1. The van der Waals surface area contributed by atoms with Crippen LogP contribution >= 0.6 is 11.6 Å². The van der Waals surface area contributed by atoms with Crippen molar-refractivity contribution in [3.05, 3.63) is 28.8 Å². The maximum Gasteiger partial charge on any atom is 0.255 e. The number of amides is 1. The quantitative estimate of drug-likeness (QED) is 0.932. The van der Waals surface area contributed by atoms with Crippen molar-refractivity contribution < 1.29 is 9.90 Å². The van der Waals surface area contributed by atoms with Crippen molar-refractivity contribution in [2.45, 2.75) is 13.8 Å². The fraction of sp³-hybridized carbons (Fsp3) is 0.533. The van der Waals surface area contributed by atoms with Crippen LogP contribution in [-0.2, 0) is 0 Å². The summed E-state index contributed by atoms with van der Waals surface area (Å²) >= 11 is 6.04. The Labute approximate surface area is 124 Å². The van der Waals surface area contributed by atoms with Crippen LogP contribution in [0.25, 0.3) is 0 Å². The smallest absolute Gasteiger partial charge is 0.255 e. The number of carbonyl (C=O) groups excluding carboxylic acids is 1. The molecule has 1 aromatic carbocycles. The maximum absolute atomic E-state index is 12.4. The number of benzene rings is 1. The number of rotatable bonds is 3. The molecule has 0 bridgehead atoms. The van der Waals surface area contributed by atoms with Crippen LogP contribution in [0.15, 0.2) is 18.2 Å². The summed E-state index contributed by atoms with van der Waals surface area (Å²) in [4.78, 5) is 16.6. The minimum absolute atomic E-state index is 0.0659. The van der Waals surface area contributed by atoms with Crippen LogP contribution in [0.2, 0.25) is 5.02 Å². The molecule has 1 fully saturated rings. The molecule has 0 aromatic heterocycles. The van der Waals surface area contributed by atoms with Crippen LogP contribution < -0.4 is 0 Å². The number of carbonyl (C=O) groups is 1. The number of aromatic hydroxyl groups is 1. The second-order valence-corrected chi connectivity index (χ2v) is 6.06. The number of halogens is 1. The Morgan fingerprint density at radius 1 is 1.30 bits per heavy atom. The van der Waals surface area contributed by atoms with Crippen molar-refractivity contribution in [2.24, 2.45) is 5.92 Å². The van der Waals surface area contributed by atoms with Crippen LogP contribution in [0.1, 0.15) is 24.2 Å². The van der Waals surface area contributed by atoms with Gasteiger partial charge >= 0.3 is 0 Å². The average Bonchev–Trinajstić information content (AvgIpc) is 2.41. The van der Waals surface area contributed by atoms with Crippen molar-refractivity contribution in [2.75, 3.05) is 32.7 Å². The molecule has 5 heteroatoms. The van der Waals surface area contributed by atoms with E-state index in [-0.39, 0.29) is 11.7 Å². The van der Waals surface area contributed by atoms with Gasteiger partial charge in [-0.2, -0.15) is 0 Å². The van der Waals surface area contributed by atoms with Gasteiger partial charge < -0.3 is 10.0 Å². The SMILES string of the molecule is CC(C)CN1CCN(C(=O)c2cc(O)ccc2Cl)CC1. The summed E-state index contributed by atoms with van der Waals surface area (Å²) < 4.78 is 0. The second-order valence-electron chi connectivity index (χ2n) is 5.65. The Hall–Kier alpha value is -1.26. The Balaban J connectivity index is 2.00. The highest BCUT2D eigenvalue weighted by atomic mass is 35.5. The lowest BCUT2D eigenvalue weighted by molar-refractivity contribution is 0.0623. The first-order valence-electron chi connectivity index (χ1n) is 6.97.